The smallest absolute Gasteiger partial charge is 0.319 e. The van der Waals surface area contributed by atoms with Gasteiger partial charge < -0.3 is 42.3 Å². The number of aromatic nitrogens is 8. The third-order valence-electron chi connectivity index (χ3n) is 10.2. The summed E-state index contributed by atoms with van der Waals surface area (Å²) in [6.07, 6.45) is 8.57. The highest BCUT2D eigenvalue weighted by molar-refractivity contribution is 5.87. The van der Waals surface area contributed by atoms with Gasteiger partial charge in [0.1, 0.15) is 11.3 Å². The van der Waals surface area contributed by atoms with Crippen molar-refractivity contribution in [2.24, 2.45) is 0 Å². The maximum atomic E-state index is 6.31. The van der Waals surface area contributed by atoms with E-state index >= 15 is 0 Å². The molecule has 0 unspecified atom stereocenters. The number of methoxy groups -OCH3 is 8. The van der Waals surface area contributed by atoms with Crippen molar-refractivity contribution in [1.82, 2.24) is 39.2 Å². The number of rotatable bonds is 15. The standard InChI is InChI=1S/C44H40N10O9/c1-55-33-18-26(19-34(56-2)39(33)59-5)53(37-13-15-51-41(48-37)28(23-46-51)29-22-45-44(62-8)50-43(29)61-7)54(27-20-35(57-3)40(60-6)36(21-27)58-4)38-14-16-52-42(49-38)30(24-47-52)32-17-25-11-9-10-12-31(25)63-32/h9-24H,1-8H3. The summed E-state index contributed by atoms with van der Waals surface area (Å²) in [6.45, 7) is 0. The summed E-state index contributed by atoms with van der Waals surface area (Å²) in [4.78, 5) is 19.3. The van der Waals surface area contributed by atoms with Crippen LogP contribution in [0.1, 0.15) is 0 Å². The molecule has 0 aliphatic carbocycles. The van der Waals surface area contributed by atoms with Crippen molar-refractivity contribution >= 4 is 45.3 Å². The molecule has 320 valence electrons. The van der Waals surface area contributed by atoms with Gasteiger partial charge in [0.15, 0.2) is 45.9 Å². The molecule has 0 N–H and O–H groups in total. The molecular formula is C44H40N10O9. The quantitative estimate of drug-likeness (QED) is 0.0919. The Hall–Kier alpha value is -8.48. The first-order chi connectivity index (χ1) is 30.8. The summed E-state index contributed by atoms with van der Waals surface area (Å²) >= 11 is 0. The van der Waals surface area contributed by atoms with Crippen LogP contribution in [0, 0.1) is 0 Å². The van der Waals surface area contributed by atoms with Crippen LogP contribution in [-0.2, 0) is 0 Å². The number of anilines is 4. The zero-order chi connectivity index (χ0) is 43.8. The van der Waals surface area contributed by atoms with Crippen LogP contribution in [0.5, 0.6) is 46.4 Å². The summed E-state index contributed by atoms with van der Waals surface area (Å²) in [5.74, 6) is 3.92. The Bertz CT molecular complexity index is 3050. The molecule has 9 rings (SSSR count). The van der Waals surface area contributed by atoms with Crippen LogP contribution >= 0.6 is 0 Å². The predicted octanol–water partition coefficient (Wildman–Crippen LogP) is 7.60. The van der Waals surface area contributed by atoms with Crippen molar-refractivity contribution < 1.29 is 42.3 Å². The molecule has 6 aromatic heterocycles. The van der Waals surface area contributed by atoms with E-state index in [2.05, 4.69) is 20.2 Å². The van der Waals surface area contributed by atoms with E-state index in [0.29, 0.717) is 91.3 Å². The minimum absolute atomic E-state index is 0.140. The molecule has 19 nitrogen and oxygen atoms in total. The van der Waals surface area contributed by atoms with Crippen LogP contribution in [0.4, 0.5) is 23.0 Å². The highest BCUT2D eigenvalue weighted by atomic mass is 16.5. The van der Waals surface area contributed by atoms with E-state index in [9.17, 15) is 0 Å². The van der Waals surface area contributed by atoms with Gasteiger partial charge in [0.2, 0.25) is 17.4 Å². The van der Waals surface area contributed by atoms with E-state index in [1.807, 2.05) is 52.6 Å². The number of ether oxygens (including phenoxy) is 8. The predicted molar refractivity (Wildman–Crippen MR) is 232 cm³/mol. The molecule has 0 aliphatic rings. The summed E-state index contributed by atoms with van der Waals surface area (Å²) in [5.41, 5.74) is 4.47. The average molecular weight is 853 g/mol. The van der Waals surface area contributed by atoms with Crippen LogP contribution in [0.3, 0.4) is 0 Å². The molecule has 0 atom stereocenters. The molecule has 0 saturated carbocycles. The van der Waals surface area contributed by atoms with Gasteiger partial charge in [-0.15, -0.1) is 0 Å². The lowest BCUT2D eigenvalue weighted by Crippen LogP contribution is -2.37. The van der Waals surface area contributed by atoms with Gasteiger partial charge in [-0.2, -0.15) is 15.2 Å². The Morgan fingerprint density at radius 2 is 1.03 bits per heavy atom. The fraction of sp³-hybridized carbons (Fsp3) is 0.182. The molecule has 0 spiro atoms. The molecule has 3 aromatic carbocycles. The molecule has 0 amide bonds. The summed E-state index contributed by atoms with van der Waals surface area (Å²) < 4.78 is 55.7. The number of nitrogens with zero attached hydrogens (tertiary/aromatic N) is 10. The van der Waals surface area contributed by atoms with E-state index in [0.717, 1.165) is 11.0 Å². The normalized spacial score (nSPS) is 11.2. The van der Waals surface area contributed by atoms with Crippen LogP contribution in [0.15, 0.2) is 102 Å². The number of furan rings is 1. The zero-order valence-electron chi connectivity index (χ0n) is 35.4. The van der Waals surface area contributed by atoms with E-state index in [1.54, 1.807) is 99.7 Å². The number of benzene rings is 3. The molecule has 9 aromatic rings. The minimum Gasteiger partial charge on any atom is -0.493 e. The second kappa shape index (κ2) is 16.5. The Balaban J connectivity index is 1.35. The van der Waals surface area contributed by atoms with E-state index < -0.39 is 0 Å². The second-order valence-electron chi connectivity index (χ2n) is 13.5. The van der Waals surface area contributed by atoms with Crippen LogP contribution in [0.2, 0.25) is 0 Å². The van der Waals surface area contributed by atoms with Gasteiger partial charge in [-0.1, -0.05) is 18.2 Å². The van der Waals surface area contributed by atoms with Crippen molar-refractivity contribution in [3.8, 4) is 68.8 Å². The third kappa shape index (κ3) is 6.90. The van der Waals surface area contributed by atoms with Gasteiger partial charge in [-0.05, 0) is 12.1 Å². The van der Waals surface area contributed by atoms with Crippen molar-refractivity contribution in [2.45, 2.75) is 0 Å². The Morgan fingerprint density at radius 3 is 1.52 bits per heavy atom. The summed E-state index contributed by atoms with van der Waals surface area (Å²) in [7, 11) is 12.3. The van der Waals surface area contributed by atoms with Gasteiger partial charge >= 0.3 is 6.01 Å². The first-order valence-electron chi connectivity index (χ1n) is 19.2. The van der Waals surface area contributed by atoms with Crippen LogP contribution < -0.4 is 47.9 Å². The Morgan fingerprint density at radius 1 is 0.508 bits per heavy atom. The largest absolute Gasteiger partial charge is 0.493 e. The number of fused-ring (bicyclic) bond motifs is 3. The van der Waals surface area contributed by atoms with Crippen molar-refractivity contribution in [1.29, 1.82) is 0 Å². The summed E-state index contributed by atoms with van der Waals surface area (Å²) in [6, 6.07) is 20.7. The SMILES string of the molecule is COc1ncc(-c2cnn3ccc(N(c4cc(OC)c(OC)c(OC)c4)N(c4cc(OC)c(OC)c(OC)c4)c4ccn5ncc(-c6cc7ccccc7o6)c5n4)nc23)c(OC)n1. The topological polar surface area (TPSA) is 180 Å². The van der Waals surface area contributed by atoms with Gasteiger partial charge in [0.25, 0.3) is 0 Å². The summed E-state index contributed by atoms with van der Waals surface area (Å²) in [5, 5.41) is 13.9. The molecule has 63 heavy (non-hydrogen) atoms. The second-order valence-corrected chi connectivity index (χ2v) is 13.5. The fourth-order valence-corrected chi connectivity index (χ4v) is 7.30. The number of para-hydroxylation sites is 1. The van der Waals surface area contributed by atoms with Gasteiger partial charge in [-0.25, -0.2) is 34.0 Å². The zero-order valence-corrected chi connectivity index (χ0v) is 35.4. The molecule has 0 saturated heterocycles. The van der Waals surface area contributed by atoms with Gasteiger partial charge in [0, 0.05) is 60.4 Å². The average Bonchev–Trinajstić information content (AvgIpc) is 4.08. The number of hydrazine groups is 1. The lowest BCUT2D eigenvalue weighted by Gasteiger charge is -2.37. The maximum absolute atomic E-state index is 6.31. The molecule has 0 bridgehead atoms. The highest BCUT2D eigenvalue weighted by Crippen LogP contribution is 2.48. The highest BCUT2D eigenvalue weighted by Gasteiger charge is 2.31. The molecule has 6 heterocycles. The number of hydrogen-bond donors (Lipinski definition) is 0. The molecule has 19 heteroatoms. The van der Waals surface area contributed by atoms with E-state index in [1.165, 1.54) is 21.3 Å². The first kappa shape index (κ1) is 40.0. The van der Waals surface area contributed by atoms with Crippen molar-refractivity contribution in [3.05, 3.63) is 97.7 Å². The third-order valence-corrected chi connectivity index (χ3v) is 10.2. The van der Waals surface area contributed by atoms with Crippen molar-refractivity contribution in [2.75, 3.05) is 66.9 Å². The molecular weight excluding hydrogens is 813 g/mol. The number of hydrogen-bond acceptors (Lipinski definition) is 17. The fourth-order valence-electron chi connectivity index (χ4n) is 7.30. The van der Waals surface area contributed by atoms with Crippen molar-refractivity contribution in [3.63, 3.8) is 0 Å². The monoisotopic (exact) mass is 852 g/mol. The molecule has 0 radical (unpaired) electrons. The van der Waals surface area contributed by atoms with E-state index in [4.69, 9.17) is 52.3 Å². The molecule has 0 fully saturated rings. The van der Waals surface area contributed by atoms with Crippen LogP contribution in [-0.4, -0.2) is 96.0 Å². The first-order valence-corrected chi connectivity index (χ1v) is 19.2. The minimum atomic E-state index is 0.140. The lowest BCUT2D eigenvalue weighted by molar-refractivity contribution is 0.324. The van der Waals surface area contributed by atoms with E-state index in [-0.39, 0.29) is 11.9 Å². The maximum Gasteiger partial charge on any atom is 0.319 e. The Kier molecular flexibility index (Phi) is 10.5. The molecule has 0 aliphatic heterocycles. The van der Waals surface area contributed by atoms with Crippen LogP contribution in [0.25, 0.3) is 44.7 Å². The Labute approximate surface area is 359 Å². The lowest BCUT2D eigenvalue weighted by atomic mass is 10.2. The van der Waals surface area contributed by atoms with Gasteiger partial charge in [0.05, 0.1) is 97.3 Å². The van der Waals surface area contributed by atoms with Gasteiger partial charge in [-0.3, -0.25) is 0 Å².